The van der Waals surface area contributed by atoms with Gasteiger partial charge in [0.2, 0.25) is 0 Å². The smallest absolute Gasteiger partial charge is 0.263 e. The van der Waals surface area contributed by atoms with E-state index in [1.165, 1.54) is 30.3 Å². The van der Waals surface area contributed by atoms with Gasteiger partial charge >= 0.3 is 0 Å². The maximum absolute atomic E-state index is 12.1. The second-order valence-electron chi connectivity index (χ2n) is 3.83. The number of halogens is 1. The van der Waals surface area contributed by atoms with Gasteiger partial charge in [-0.3, -0.25) is 4.72 Å². The van der Waals surface area contributed by atoms with E-state index in [0.29, 0.717) is 0 Å². The number of rotatable bonds is 3. The van der Waals surface area contributed by atoms with E-state index < -0.39 is 10.0 Å². The molecule has 1 aromatic carbocycles. The van der Waals surface area contributed by atoms with Gasteiger partial charge in [0.15, 0.2) is 0 Å². The van der Waals surface area contributed by atoms with Crippen molar-refractivity contribution in [2.24, 2.45) is 0 Å². The summed E-state index contributed by atoms with van der Waals surface area (Å²) in [7, 11) is -3.79. The topological polar surface area (TPSA) is 109 Å². The van der Waals surface area contributed by atoms with Gasteiger partial charge < -0.3 is 5.73 Å². The summed E-state index contributed by atoms with van der Waals surface area (Å²) in [6.07, 6.45) is 1.15. The predicted molar refractivity (Wildman–Crippen MR) is 75.6 cm³/mol. The lowest BCUT2D eigenvalue weighted by molar-refractivity contribution is 0.601. The van der Waals surface area contributed by atoms with Crippen LogP contribution in [0.5, 0.6) is 0 Å². The quantitative estimate of drug-likeness (QED) is 0.901. The molecule has 0 aliphatic heterocycles. The Hall–Kier alpha value is -2.30. The first kappa shape index (κ1) is 14.1. The highest BCUT2D eigenvalue weighted by atomic mass is 35.5. The van der Waals surface area contributed by atoms with E-state index in [-0.39, 0.29) is 27.0 Å². The fourth-order valence-corrected chi connectivity index (χ4v) is 2.59. The van der Waals surface area contributed by atoms with Gasteiger partial charge in [0.05, 0.1) is 16.3 Å². The molecule has 102 valence electrons. The van der Waals surface area contributed by atoms with Crippen molar-refractivity contribution in [3.8, 4) is 6.07 Å². The van der Waals surface area contributed by atoms with Crippen LogP contribution in [-0.2, 0) is 10.0 Å². The molecular weight excluding hydrogens is 300 g/mol. The van der Waals surface area contributed by atoms with Crippen LogP contribution in [-0.4, -0.2) is 13.4 Å². The molecule has 3 N–H and O–H groups in total. The Balaban J connectivity index is 2.34. The number of pyridine rings is 1. The van der Waals surface area contributed by atoms with Crippen LogP contribution in [0.1, 0.15) is 5.56 Å². The van der Waals surface area contributed by atoms with Gasteiger partial charge in [-0.1, -0.05) is 11.6 Å². The van der Waals surface area contributed by atoms with Crippen molar-refractivity contribution in [1.29, 1.82) is 5.26 Å². The molecule has 0 atom stereocenters. The third kappa shape index (κ3) is 2.99. The minimum absolute atomic E-state index is 0.0276. The summed E-state index contributed by atoms with van der Waals surface area (Å²) in [4.78, 5) is 3.69. The molecule has 0 amide bonds. The summed E-state index contributed by atoms with van der Waals surface area (Å²) in [5.74, 6) is 0.224. The monoisotopic (exact) mass is 308 g/mol. The molecule has 6 nitrogen and oxygen atoms in total. The number of benzene rings is 1. The Kier molecular flexibility index (Phi) is 3.79. The molecule has 2 rings (SSSR count). The molecule has 1 aromatic heterocycles. The number of hydrogen-bond donors (Lipinski definition) is 2. The molecule has 0 saturated heterocycles. The van der Waals surface area contributed by atoms with Gasteiger partial charge in [-0.25, -0.2) is 13.4 Å². The minimum atomic E-state index is -3.79. The van der Waals surface area contributed by atoms with Gasteiger partial charge in [0, 0.05) is 6.20 Å². The number of nitrogens with two attached hydrogens (primary N) is 1. The van der Waals surface area contributed by atoms with Crippen LogP contribution in [0.4, 0.5) is 11.5 Å². The summed E-state index contributed by atoms with van der Waals surface area (Å²) in [5.41, 5.74) is 5.82. The summed E-state index contributed by atoms with van der Waals surface area (Å²) >= 11 is 5.78. The lowest BCUT2D eigenvalue weighted by Crippen LogP contribution is -2.13. The van der Waals surface area contributed by atoms with Crippen molar-refractivity contribution >= 4 is 33.1 Å². The van der Waals surface area contributed by atoms with Gasteiger partial charge in [0.1, 0.15) is 16.8 Å². The summed E-state index contributed by atoms with van der Waals surface area (Å²) in [6, 6.07) is 8.86. The standard InChI is InChI=1S/C12H9ClN4O2S/c13-11-3-1-9(5-8(11)6-14)17-20(18,19)10-2-4-12(15)16-7-10/h1-5,7,17H,(H2,15,16). The van der Waals surface area contributed by atoms with E-state index >= 15 is 0 Å². The number of hydrogen-bond acceptors (Lipinski definition) is 5. The molecule has 0 unspecified atom stereocenters. The minimum Gasteiger partial charge on any atom is -0.384 e. The number of nitrogen functional groups attached to an aromatic ring is 1. The zero-order chi connectivity index (χ0) is 14.8. The van der Waals surface area contributed by atoms with Crippen molar-refractivity contribution < 1.29 is 8.42 Å². The lowest BCUT2D eigenvalue weighted by atomic mass is 10.2. The Bertz CT molecular complexity index is 782. The van der Waals surface area contributed by atoms with E-state index in [0.717, 1.165) is 6.20 Å². The van der Waals surface area contributed by atoms with Gasteiger partial charge in [-0.2, -0.15) is 5.26 Å². The molecule has 20 heavy (non-hydrogen) atoms. The maximum Gasteiger partial charge on any atom is 0.263 e. The van der Waals surface area contributed by atoms with E-state index in [4.69, 9.17) is 22.6 Å². The van der Waals surface area contributed by atoms with E-state index in [1.807, 2.05) is 6.07 Å². The van der Waals surface area contributed by atoms with Crippen molar-refractivity contribution in [1.82, 2.24) is 4.98 Å². The fraction of sp³-hybridized carbons (Fsp3) is 0. The summed E-state index contributed by atoms with van der Waals surface area (Å²) in [6.45, 7) is 0. The zero-order valence-electron chi connectivity index (χ0n) is 10.0. The van der Waals surface area contributed by atoms with Crippen LogP contribution in [0.2, 0.25) is 5.02 Å². The normalized spacial score (nSPS) is 10.8. The SMILES string of the molecule is N#Cc1cc(NS(=O)(=O)c2ccc(N)nc2)ccc1Cl. The molecule has 0 radical (unpaired) electrons. The highest BCUT2D eigenvalue weighted by molar-refractivity contribution is 7.92. The van der Waals surface area contributed by atoms with Crippen LogP contribution in [0.25, 0.3) is 0 Å². The highest BCUT2D eigenvalue weighted by Crippen LogP contribution is 2.22. The number of nitrogens with one attached hydrogen (secondary N) is 1. The number of anilines is 2. The van der Waals surface area contributed by atoms with Crippen LogP contribution >= 0.6 is 11.6 Å². The Labute approximate surface area is 120 Å². The van der Waals surface area contributed by atoms with Crippen molar-refractivity contribution in [3.05, 3.63) is 47.1 Å². The largest absolute Gasteiger partial charge is 0.384 e. The number of aromatic nitrogens is 1. The van der Waals surface area contributed by atoms with Gasteiger partial charge in [-0.05, 0) is 30.3 Å². The first-order chi connectivity index (χ1) is 9.42. The molecule has 0 aliphatic carbocycles. The fourth-order valence-electron chi connectivity index (χ4n) is 1.44. The second-order valence-corrected chi connectivity index (χ2v) is 5.92. The Morgan fingerprint density at radius 3 is 2.65 bits per heavy atom. The van der Waals surface area contributed by atoms with Crippen molar-refractivity contribution in [3.63, 3.8) is 0 Å². The molecule has 0 aliphatic rings. The Morgan fingerprint density at radius 2 is 2.05 bits per heavy atom. The maximum atomic E-state index is 12.1. The molecular formula is C12H9ClN4O2S. The van der Waals surface area contributed by atoms with Gasteiger partial charge in [0.25, 0.3) is 10.0 Å². The van der Waals surface area contributed by atoms with Crippen LogP contribution < -0.4 is 10.5 Å². The van der Waals surface area contributed by atoms with Crippen molar-refractivity contribution in [2.45, 2.75) is 4.90 Å². The first-order valence-electron chi connectivity index (χ1n) is 5.36. The second kappa shape index (κ2) is 5.36. The number of nitriles is 1. The molecule has 0 spiro atoms. The summed E-state index contributed by atoms with van der Waals surface area (Å²) < 4.78 is 26.5. The van der Waals surface area contributed by atoms with Gasteiger partial charge in [-0.15, -0.1) is 0 Å². The van der Waals surface area contributed by atoms with E-state index in [2.05, 4.69) is 9.71 Å². The lowest BCUT2D eigenvalue weighted by Gasteiger charge is -2.08. The van der Waals surface area contributed by atoms with E-state index in [1.54, 1.807) is 0 Å². The third-order valence-corrected chi connectivity index (χ3v) is 4.10. The average Bonchev–Trinajstić information content (AvgIpc) is 2.41. The number of nitrogens with zero attached hydrogens (tertiary/aromatic N) is 2. The average molecular weight is 309 g/mol. The molecule has 8 heteroatoms. The zero-order valence-corrected chi connectivity index (χ0v) is 11.6. The van der Waals surface area contributed by atoms with Crippen molar-refractivity contribution in [2.75, 3.05) is 10.5 Å². The molecule has 0 fully saturated rings. The molecule has 2 aromatic rings. The predicted octanol–water partition coefficient (Wildman–Crippen LogP) is 1.99. The summed E-state index contributed by atoms with van der Waals surface area (Å²) in [5, 5.41) is 9.11. The first-order valence-corrected chi connectivity index (χ1v) is 7.22. The molecule has 0 bridgehead atoms. The van der Waals surface area contributed by atoms with Crippen LogP contribution in [0.15, 0.2) is 41.4 Å². The molecule has 1 heterocycles. The highest BCUT2D eigenvalue weighted by Gasteiger charge is 2.15. The van der Waals surface area contributed by atoms with E-state index in [9.17, 15) is 8.42 Å². The van der Waals surface area contributed by atoms with Crippen LogP contribution in [0.3, 0.4) is 0 Å². The third-order valence-electron chi connectivity index (χ3n) is 2.41. The molecule has 0 saturated carbocycles. The Morgan fingerprint density at radius 1 is 1.30 bits per heavy atom. The number of sulfonamides is 1. The van der Waals surface area contributed by atoms with Crippen LogP contribution in [0, 0.1) is 11.3 Å².